The molecule has 2 aromatic rings. The largest absolute Gasteiger partial charge is 0.395 e. The number of aromatic nitrogens is 1. The number of amides is 1. The third kappa shape index (κ3) is 2.79. The van der Waals surface area contributed by atoms with Crippen LogP contribution in [0.3, 0.4) is 0 Å². The second-order valence-electron chi connectivity index (χ2n) is 4.69. The fourth-order valence-electron chi connectivity index (χ4n) is 2.36. The molecule has 2 N–H and O–H groups in total. The summed E-state index contributed by atoms with van der Waals surface area (Å²) in [7, 11) is 0. The van der Waals surface area contributed by atoms with Gasteiger partial charge < -0.3 is 15.0 Å². The number of rotatable bonds is 5. The monoisotopic (exact) mass is 260 g/mol. The minimum atomic E-state index is 0.00652. The summed E-state index contributed by atoms with van der Waals surface area (Å²) in [6.07, 6.45) is 2.28. The van der Waals surface area contributed by atoms with Crippen LogP contribution in [0.15, 0.2) is 24.4 Å². The average Bonchev–Trinajstić information content (AvgIpc) is 2.80. The molecule has 0 aliphatic heterocycles. The van der Waals surface area contributed by atoms with E-state index in [9.17, 15) is 4.79 Å². The molecule has 1 heterocycles. The molecule has 0 unspecified atom stereocenters. The standard InChI is InChI=1S/C15H20N2O2/c1-3-17(7-8-18)14(19)9-12-10-16-15-11(2)5-4-6-13(12)15/h4-6,10,16,18H,3,7-9H2,1-2H3. The van der Waals surface area contributed by atoms with Gasteiger partial charge in [-0.25, -0.2) is 0 Å². The molecular formula is C15H20N2O2. The molecule has 4 nitrogen and oxygen atoms in total. The lowest BCUT2D eigenvalue weighted by atomic mass is 10.1. The van der Waals surface area contributed by atoms with Crippen LogP contribution in [-0.2, 0) is 11.2 Å². The number of carbonyl (C=O) groups is 1. The van der Waals surface area contributed by atoms with Crippen molar-refractivity contribution in [1.82, 2.24) is 9.88 Å². The summed E-state index contributed by atoms with van der Waals surface area (Å²) in [6, 6.07) is 6.09. The highest BCUT2D eigenvalue weighted by atomic mass is 16.3. The minimum Gasteiger partial charge on any atom is -0.395 e. The Labute approximate surface area is 113 Å². The lowest BCUT2D eigenvalue weighted by Crippen LogP contribution is -2.34. The number of para-hydroxylation sites is 1. The zero-order chi connectivity index (χ0) is 13.8. The Morgan fingerprint density at radius 2 is 2.21 bits per heavy atom. The number of fused-ring (bicyclic) bond motifs is 1. The van der Waals surface area contributed by atoms with Crippen molar-refractivity contribution in [1.29, 1.82) is 0 Å². The van der Waals surface area contributed by atoms with Crippen LogP contribution in [0, 0.1) is 6.92 Å². The second kappa shape index (κ2) is 5.89. The van der Waals surface area contributed by atoms with Crippen molar-refractivity contribution in [3.8, 4) is 0 Å². The lowest BCUT2D eigenvalue weighted by Gasteiger charge is -2.19. The first-order valence-electron chi connectivity index (χ1n) is 6.61. The Morgan fingerprint density at radius 3 is 2.89 bits per heavy atom. The van der Waals surface area contributed by atoms with Crippen molar-refractivity contribution in [2.45, 2.75) is 20.3 Å². The molecule has 0 fully saturated rings. The number of carbonyl (C=O) groups excluding carboxylic acids is 1. The third-order valence-electron chi connectivity index (χ3n) is 3.46. The van der Waals surface area contributed by atoms with Gasteiger partial charge in [0.25, 0.3) is 0 Å². The molecule has 0 aliphatic rings. The normalized spacial score (nSPS) is 10.9. The molecule has 0 aliphatic carbocycles. The van der Waals surface area contributed by atoms with Crippen molar-refractivity contribution >= 4 is 16.8 Å². The van der Waals surface area contributed by atoms with Gasteiger partial charge in [-0.2, -0.15) is 0 Å². The van der Waals surface area contributed by atoms with Gasteiger partial charge in [0.1, 0.15) is 0 Å². The molecule has 0 saturated carbocycles. The van der Waals surface area contributed by atoms with E-state index in [0.29, 0.717) is 19.5 Å². The van der Waals surface area contributed by atoms with Gasteiger partial charge in [0.2, 0.25) is 5.91 Å². The first-order valence-corrected chi connectivity index (χ1v) is 6.61. The Bertz CT molecular complexity index is 575. The van der Waals surface area contributed by atoms with Crippen LogP contribution in [0.4, 0.5) is 0 Å². The maximum atomic E-state index is 12.2. The summed E-state index contributed by atoms with van der Waals surface area (Å²) < 4.78 is 0. The van der Waals surface area contributed by atoms with Crippen LogP contribution in [-0.4, -0.2) is 40.6 Å². The summed E-state index contributed by atoms with van der Waals surface area (Å²) in [4.78, 5) is 17.1. The van der Waals surface area contributed by atoms with E-state index in [4.69, 9.17) is 5.11 Å². The third-order valence-corrected chi connectivity index (χ3v) is 3.46. The Hall–Kier alpha value is -1.81. The van der Waals surface area contributed by atoms with Gasteiger partial charge >= 0.3 is 0 Å². The zero-order valence-corrected chi connectivity index (χ0v) is 11.4. The molecule has 4 heteroatoms. The van der Waals surface area contributed by atoms with E-state index in [2.05, 4.69) is 18.0 Å². The topological polar surface area (TPSA) is 56.3 Å². The van der Waals surface area contributed by atoms with Gasteiger partial charge in [-0.3, -0.25) is 4.79 Å². The number of hydrogen-bond acceptors (Lipinski definition) is 2. The van der Waals surface area contributed by atoms with E-state index in [1.807, 2.05) is 25.3 Å². The highest BCUT2D eigenvalue weighted by Gasteiger charge is 2.14. The van der Waals surface area contributed by atoms with Gasteiger partial charge in [-0.05, 0) is 25.0 Å². The molecule has 102 valence electrons. The van der Waals surface area contributed by atoms with E-state index in [1.165, 1.54) is 5.56 Å². The number of aliphatic hydroxyl groups is 1. The lowest BCUT2D eigenvalue weighted by molar-refractivity contribution is -0.130. The van der Waals surface area contributed by atoms with Crippen LogP contribution in [0.25, 0.3) is 10.9 Å². The highest BCUT2D eigenvalue weighted by Crippen LogP contribution is 2.21. The number of benzene rings is 1. The maximum Gasteiger partial charge on any atom is 0.227 e. The summed E-state index contributed by atoms with van der Waals surface area (Å²) in [6.45, 7) is 5.01. The van der Waals surface area contributed by atoms with Crippen LogP contribution < -0.4 is 0 Å². The molecule has 0 spiro atoms. The van der Waals surface area contributed by atoms with Crippen molar-refractivity contribution in [2.75, 3.05) is 19.7 Å². The smallest absolute Gasteiger partial charge is 0.227 e. The zero-order valence-electron chi connectivity index (χ0n) is 11.4. The molecule has 0 saturated heterocycles. The number of nitrogens with zero attached hydrogens (tertiary/aromatic N) is 1. The molecule has 2 rings (SSSR count). The van der Waals surface area contributed by atoms with E-state index in [0.717, 1.165) is 16.5 Å². The van der Waals surface area contributed by atoms with Gasteiger partial charge in [-0.15, -0.1) is 0 Å². The molecular weight excluding hydrogens is 240 g/mol. The van der Waals surface area contributed by atoms with Gasteiger partial charge in [0, 0.05) is 30.2 Å². The number of aryl methyl sites for hydroxylation is 1. The molecule has 0 bridgehead atoms. The van der Waals surface area contributed by atoms with Crippen LogP contribution in [0.2, 0.25) is 0 Å². The minimum absolute atomic E-state index is 0.00652. The Kier molecular flexibility index (Phi) is 4.22. The Balaban J connectivity index is 2.22. The van der Waals surface area contributed by atoms with Crippen molar-refractivity contribution in [3.05, 3.63) is 35.5 Å². The van der Waals surface area contributed by atoms with E-state index in [1.54, 1.807) is 4.90 Å². The summed E-state index contributed by atoms with van der Waals surface area (Å²) >= 11 is 0. The quantitative estimate of drug-likeness (QED) is 0.862. The maximum absolute atomic E-state index is 12.2. The van der Waals surface area contributed by atoms with Gasteiger partial charge in [0.05, 0.1) is 13.0 Å². The number of aromatic amines is 1. The molecule has 1 aromatic heterocycles. The fraction of sp³-hybridized carbons (Fsp3) is 0.400. The number of likely N-dealkylation sites (N-methyl/N-ethyl adjacent to an activating group) is 1. The van der Waals surface area contributed by atoms with Crippen LogP contribution in [0.5, 0.6) is 0 Å². The number of nitrogens with one attached hydrogen (secondary N) is 1. The highest BCUT2D eigenvalue weighted by molar-refractivity contribution is 5.90. The summed E-state index contributed by atoms with van der Waals surface area (Å²) in [5, 5.41) is 10.1. The number of aliphatic hydroxyl groups excluding tert-OH is 1. The molecule has 1 aromatic carbocycles. The first kappa shape index (κ1) is 13.6. The van der Waals surface area contributed by atoms with Crippen LogP contribution in [0.1, 0.15) is 18.1 Å². The fourth-order valence-corrected chi connectivity index (χ4v) is 2.36. The van der Waals surface area contributed by atoms with E-state index in [-0.39, 0.29) is 12.5 Å². The summed E-state index contributed by atoms with van der Waals surface area (Å²) in [5.74, 6) is 0.0546. The molecule has 1 amide bonds. The number of hydrogen-bond donors (Lipinski definition) is 2. The van der Waals surface area contributed by atoms with Crippen molar-refractivity contribution in [3.63, 3.8) is 0 Å². The Morgan fingerprint density at radius 1 is 1.42 bits per heavy atom. The SMILES string of the molecule is CCN(CCO)C(=O)Cc1c[nH]c2c(C)cccc12. The molecule has 0 atom stereocenters. The second-order valence-corrected chi connectivity index (χ2v) is 4.69. The predicted octanol–water partition coefficient (Wildman–Crippen LogP) is 1.86. The first-order chi connectivity index (χ1) is 9.17. The van der Waals surface area contributed by atoms with Crippen molar-refractivity contribution in [2.24, 2.45) is 0 Å². The molecule has 19 heavy (non-hydrogen) atoms. The van der Waals surface area contributed by atoms with Crippen LogP contribution >= 0.6 is 0 Å². The van der Waals surface area contributed by atoms with Gasteiger partial charge in [0.15, 0.2) is 0 Å². The van der Waals surface area contributed by atoms with Crippen molar-refractivity contribution < 1.29 is 9.90 Å². The van der Waals surface area contributed by atoms with Gasteiger partial charge in [-0.1, -0.05) is 18.2 Å². The summed E-state index contributed by atoms with van der Waals surface area (Å²) in [5.41, 5.74) is 3.29. The van der Waals surface area contributed by atoms with E-state index < -0.39 is 0 Å². The molecule has 0 radical (unpaired) electrons. The van der Waals surface area contributed by atoms with E-state index >= 15 is 0 Å². The predicted molar refractivity (Wildman–Crippen MR) is 76.1 cm³/mol. The number of H-pyrrole nitrogens is 1. The average molecular weight is 260 g/mol.